The summed E-state index contributed by atoms with van der Waals surface area (Å²) in [6, 6.07) is 17.3. The second kappa shape index (κ2) is 12.2. The quantitative estimate of drug-likeness (QED) is 0.379. The zero-order valence-electron chi connectivity index (χ0n) is 19.9. The first kappa shape index (κ1) is 25.2. The third kappa shape index (κ3) is 7.30. The summed E-state index contributed by atoms with van der Waals surface area (Å²) < 4.78 is 13.6. The standard InChI is InChI=1S/C26H34ClN3O3/c1-5-32-18-23(31)16-29(15-19(2)3)17-25-20(4)28-30(22-9-7-6-8-10-22)26(25)33-24-13-11-21(27)12-14-24/h6-14,19,23,31H,5,15-18H2,1-4H3/t23-/m1/s1. The molecule has 33 heavy (non-hydrogen) atoms. The van der Waals surface area contributed by atoms with Crippen molar-refractivity contribution in [2.75, 3.05) is 26.3 Å². The van der Waals surface area contributed by atoms with Crippen LogP contribution < -0.4 is 4.74 Å². The van der Waals surface area contributed by atoms with Crippen LogP contribution in [0.3, 0.4) is 0 Å². The number of hydrogen-bond acceptors (Lipinski definition) is 5. The van der Waals surface area contributed by atoms with E-state index in [-0.39, 0.29) is 0 Å². The van der Waals surface area contributed by atoms with Crippen molar-refractivity contribution in [3.63, 3.8) is 0 Å². The van der Waals surface area contributed by atoms with Crippen molar-refractivity contribution in [2.24, 2.45) is 5.92 Å². The molecule has 1 aromatic heterocycles. The maximum absolute atomic E-state index is 10.5. The normalized spacial score (nSPS) is 12.5. The number of hydrogen-bond donors (Lipinski definition) is 1. The molecule has 0 saturated heterocycles. The first-order valence-corrected chi connectivity index (χ1v) is 11.8. The molecule has 0 fully saturated rings. The third-order valence-corrected chi connectivity index (χ3v) is 5.41. The van der Waals surface area contributed by atoms with E-state index in [1.807, 2.05) is 73.1 Å². The van der Waals surface area contributed by atoms with Gasteiger partial charge in [-0.2, -0.15) is 5.10 Å². The number of aromatic nitrogens is 2. The fourth-order valence-electron chi connectivity index (χ4n) is 3.73. The van der Waals surface area contributed by atoms with Gasteiger partial charge in [0, 0.05) is 31.3 Å². The fraction of sp³-hybridized carbons (Fsp3) is 0.423. The van der Waals surface area contributed by atoms with Gasteiger partial charge in [-0.1, -0.05) is 43.6 Å². The molecule has 6 nitrogen and oxygen atoms in total. The van der Waals surface area contributed by atoms with E-state index in [0.29, 0.717) is 48.9 Å². The second-order valence-corrected chi connectivity index (χ2v) is 9.01. The highest BCUT2D eigenvalue weighted by molar-refractivity contribution is 6.30. The van der Waals surface area contributed by atoms with Gasteiger partial charge >= 0.3 is 0 Å². The lowest BCUT2D eigenvalue weighted by Gasteiger charge is -2.27. The Morgan fingerprint density at radius 1 is 1.06 bits per heavy atom. The molecule has 7 heteroatoms. The topological polar surface area (TPSA) is 59.8 Å². The molecular weight excluding hydrogens is 438 g/mol. The highest BCUT2D eigenvalue weighted by Gasteiger charge is 2.23. The number of aryl methyl sites for hydroxylation is 1. The molecular formula is C26H34ClN3O3. The third-order valence-electron chi connectivity index (χ3n) is 5.15. The highest BCUT2D eigenvalue weighted by Crippen LogP contribution is 2.32. The smallest absolute Gasteiger partial charge is 0.227 e. The summed E-state index contributed by atoms with van der Waals surface area (Å²) in [4.78, 5) is 2.24. The van der Waals surface area contributed by atoms with E-state index in [4.69, 9.17) is 26.2 Å². The average molecular weight is 472 g/mol. The Kier molecular flexibility index (Phi) is 9.32. The Morgan fingerprint density at radius 2 is 1.76 bits per heavy atom. The van der Waals surface area contributed by atoms with E-state index in [2.05, 4.69) is 18.7 Å². The van der Waals surface area contributed by atoms with Gasteiger partial charge in [0.05, 0.1) is 29.7 Å². The molecule has 0 unspecified atom stereocenters. The zero-order chi connectivity index (χ0) is 23.8. The van der Waals surface area contributed by atoms with Crippen LogP contribution in [-0.2, 0) is 11.3 Å². The first-order chi connectivity index (χ1) is 15.9. The molecule has 0 spiro atoms. The van der Waals surface area contributed by atoms with E-state index in [1.54, 1.807) is 0 Å². The minimum atomic E-state index is -0.561. The Hall–Kier alpha value is -2.38. The van der Waals surface area contributed by atoms with Gasteiger partial charge in [0.15, 0.2) is 0 Å². The number of para-hydroxylation sites is 1. The summed E-state index contributed by atoms with van der Waals surface area (Å²) in [6.07, 6.45) is -0.561. The van der Waals surface area contributed by atoms with Gasteiger partial charge in [0.1, 0.15) is 5.75 Å². The number of halogens is 1. The summed E-state index contributed by atoms with van der Waals surface area (Å²) in [7, 11) is 0. The van der Waals surface area contributed by atoms with Crippen molar-refractivity contribution in [3.05, 3.63) is 70.9 Å². The van der Waals surface area contributed by atoms with Gasteiger partial charge in [0.2, 0.25) is 5.88 Å². The van der Waals surface area contributed by atoms with Gasteiger partial charge in [0.25, 0.3) is 0 Å². The zero-order valence-corrected chi connectivity index (χ0v) is 20.6. The van der Waals surface area contributed by atoms with Crippen LogP contribution in [0.2, 0.25) is 5.02 Å². The number of nitrogens with zero attached hydrogens (tertiary/aromatic N) is 3. The minimum Gasteiger partial charge on any atom is -0.439 e. The van der Waals surface area contributed by atoms with Crippen LogP contribution in [0.15, 0.2) is 54.6 Å². The van der Waals surface area contributed by atoms with E-state index >= 15 is 0 Å². The predicted molar refractivity (Wildman–Crippen MR) is 132 cm³/mol. The van der Waals surface area contributed by atoms with Crippen LogP contribution >= 0.6 is 11.6 Å². The molecule has 0 bridgehead atoms. The van der Waals surface area contributed by atoms with Crippen LogP contribution in [-0.4, -0.2) is 52.2 Å². The fourth-order valence-corrected chi connectivity index (χ4v) is 3.86. The van der Waals surface area contributed by atoms with Crippen molar-refractivity contribution < 1.29 is 14.6 Å². The van der Waals surface area contributed by atoms with Crippen LogP contribution in [0.1, 0.15) is 32.0 Å². The summed E-state index contributed by atoms with van der Waals surface area (Å²) in [5.41, 5.74) is 2.79. The molecule has 0 radical (unpaired) electrons. The van der Waals surface area contributed by atoms with Gasteiger partial charge in [-0.15, -0.1) is 0 Å². The van der Waals surface area contributed by atoms with Gasteiger partial charge in [-0.25, -0.2) is 4.68 Å². The molecule has 0 aliphatic heterocycles. The minimum absolute atomic E-state index is 0.321. The summed E-state index contributed by atoms with van der Waals surface area (Å²) in [6.45, 7) is 11.1. The van der Waals surface area contributed by atoms with E-state index in [0.717, 1.165) is 23.5 Å². The first-order valence-electron chi connectivity index (χ1n) is 11.4. The largest absolute Gasteiger partial charge is 0.439 e. The van der Waals surface area contributed by atoms with Crippen LogP contribution in [0.25, 0.3) is 5.69 Å². The molecule has 3 rings (SSSR count). The maximum Gasteiger partial charge on any atom is 0.227 e. The Balaban J connectivity index is 1.96. The van der Waals surface area contributed by atoms with E-state index in [9.17, 15) is 5.11 Å². The molecule has 178 valence electrons. The van der Waals surface area contributed by atoms with Crippen LogP contribution in [0.5, 0.6) is 11.6 Å². The number of aliphatic hydroxyl groups excluding tert-OH is 1. The molecule has 0 aliphatic carbocycles. The molecule has 0 amide bonds. The van der Waals surface area contributed by atoms with Crippen LogP contribution in [0.4, 0.5) is 0 Å². The van der Waals surface area contributed by atoms with Crippen molar-refractivity contribution in [3.8, 4) is 17.3 Å². The molecule has 1 N–H and O–H groups in total. The number of aliphatic hydroxyl groups is 1. The lowest BCUT2D eigenvalue weighted by atomic mass is 10.1. The molecule has 1 atom stereocenters. The van der Waals surface area contributed by atoms with Gasteiger partial charge in [-0.3, -0.25) is 4.90 Å². The van der Waals surface area contributed by atoms with Crippen molar-refractivity contribution in [1.29, 1.82) is 0 Å². The summed E-state index contributed by atoms with van der Waals surface area (Å²) in [5.74, 6) is 1.79. The van der Waals surface area contributed by atoms with E-state index < -0.39 is 6.10 Å². The Labute approximate surface area is 201 Å². The molecule has 1 heterocycles. The van der Waals surface area contributed by atoms with Crippen molar-refractivity contribution in [1.82, 2.24) is 14.7 Å². The van der Waals surface area contributed by atoms with Crippen molar-refractivity contribution in [2.45, 2.75) is 40.3 Å². The summed E-state index contributed by atoms with van der Waals surface area (Å²) >= 11 is 6.07. The lowest BCUT2D eigenvalue weighted by molar-refractivity contribution is 0.0173. The number of benzene rings is 2. The van der Waals surface area contributed by atoms with Gasteiger partial charge < -0.3 is 14.6 Å². The van der Waals surface area contributed by atoms with E-state index in [1.165, 1.54) is 0 Å². The second-order valence-electron chi connectivity index (χ2n) is 8.57. The molecule has 0 aliphatic rings. The average Bonchev–Trinajstić information content (AvgIpc) is 3.09. The molecule has 0 saturated carbocycles. The monoisotopic (exact) mass is 471 g/mol. The molecule has 2 aromatic carbocycles. The van der Waals surface area contributed by atoms with Gasteiger partial charge in [-0.05, 0) is 56.2 Å². The summed E-state index contributed by atoms with van der Waals surface area (Å²) in [5, 5.41) is 16.0. The highest BCUT2D eigenvalue weighted by atomic mass is 35.5. The van der Waals surface area contributed by atoms with Crippen molar-refractivity contribution >= 4 is 11.6 Å². The predicted octanol–water partition coefficient (Wildman–Crippen LogP) is 5.48. The van der Waals surface area contributed by atoms with Crippen LogP contribution in [0, 0.1) is 12.8 Å². The molecule has 3 aromatic rings. The maximum atomic E-state index is 10.5. The SMILES string of the molecule is CCOC[C@H](O)CN(Cc1c(C)nn(-c2ccccc2)c1Oc1ccc(Cl)cc1)CC(C)C. The number of ether oxygens (including phenoxy) is 2. The number of rotatable bonds is 12. The Morgan fingerprint density at radius 3 is 2.39 bits per heavy atom. The lowest BCUT2D eigenvalue weighted by Crippen LogP contribution is -2.37. The Bertz CT molecular complexity index is 990.